The first-order valence-corrected chi connectivity index (χ1v) is 6.94. The summed E-state index contributed by atoms with van der Waals surface area (Å²) in [5, 5.41) is 11.0. The molecule has 0 bridgehead atoms. The van der Waals surface area contributed by atoms with E-state index in [2.05, 4.69) is 22.4 Å². The number of aromatic nitrogens is 4. The van der Waals surface area contributed by atoms with E-state index in [1.807, 2.05) is 23.1 Å². The predicted octanol–water partition coefficient (Wildman–Crippen LogP) is 0.895. The fourth-order valence-electron chi connectivity index (χ4n) is 2.61. The zero-order valence-electron chi connectivity index (χ0n) is 12.3. The first-order valence-electron chi connectivity index (χ1n) is 6.94. The lowest BCUT2D eigenvalue weighted by atomic mass is 9.90. The summed E-state index contributed by atoms with van der Waals surface area (Å²) >= 11 is 0. The third kappa shape index (κ3) is 3.10. The Balaban J connectivity index is 0.00000176. The maximum atomic E-state index is 12.6. The molecule has 2 heterocycles. The van der Waals surface area contributed by atoms with Gasteiger partial charge in [-0.1, -0.05) is 13.0 Å². The summed E-state index contributed by atoms with van der Waals surface area (Å²) in [6, 6.07) is 7.31. The van der Waals surface area contributed by atoms with Crippen molar-refractivity contribution in [1.82, 2.24) is 25.1 Å². The number of amides is 1. The van der Waals surface area contributed by atoms with Crippen LogP contribution in [0.4, 0.5) is 0 Å². The lowest BCUT2D eigenvalue weighted by molar-refractivity contribution is 0.0777. The van der Waals surface area contributed by atoms with Crippen LogP contribution in [0.5, 0.6) is 0 Å². The number of halogens is 1. The molecule has 22 heavy (non-hydrogen) atoms. The number of nitrogens with two attached hydrogens (primary N) is 1. The Hall–Kier alpha value is -1.99. The average molecular weight is 323 g/mol. The topological polar surface area (TPSA) is 89.9 Å². The average Bonchev–Trinajstić information content (AvgIpc) is 3.17. The van der Waals surface area contributed by atoms with E-state index in [0.717, 1.165) is 18.7 Å². The molecule has 3 rings (SSSR count). The van der Waals surface area contributed by atoms with Gasteiger partial charge < -0.3 is 10.6 Å². The molecule has 1 aliphatic heterocycles. The van der Waals surface area contributed by atoms with Gasteiger partial charge in [-0.25, -0.2) is 4.68 Å². The van der Waals surface area contributed by atoms with E-state index in [4.69, 9.17) is 5.73 Å². The summed E-state index contributed by atoms with van der Waals surface area (Å²) in [7, 11) is 0. The highest BCUT2D eigenvalue weighted by molar-refractivity contribution is 5.95. The minimum atomic E-state index is 0. The van der Waals surface area contributed by atoms with Crippen molar-refractivity contribution in [2.75, 3.05) is 19.6 Å². The molecule has 1 saturated heterocycles. The van der Waals surface area contributed by atoms with E-state index in [0.29, 0.717) is 18.7 Å². The van der Waals surface area contributed by atoms with Crippen molar-refractivity contribution in [2.24, 2.45) is 11.1 Å². The highest BCUT2D eigenvalue weighted by Gasteiger charge is 2.35. The molecule has 8 heteroatoms. The van der Waals surface area contributed by atoms with Crippen molar-refractivity contribution in [3.63, 3.8) is 0 Å². The quantitative estimate of drug-likeness (QED) is 0.906. The zero-order chi connectivity index (χ0) is 14.9. The van der Waals surface area contributed by atoms with Crippen LogP contribution in [0.25, 0.3) is 5.69 Å². The van der Waals surface area contributed by atoms with Gasteiger partial charge in [-0.3, -0.25) is 4.79 Å². The summed E-state index contributed by atoms with van der Waals surface area (Å²) in [5.41, 5.74) is 7.24. The second-order valence-corrected chi connectivity index (χ2v) is 5.80. The van der Waals surface area contributed by atoms with Crippen molar-refractivity contribution in [3.8, 4) is 5.69 Å². The van der Waals surface area contributed by atoms with Gasteiger partial charge in [-0.05, 0) is 47.0 Å². The molecule has 118 valence electrons. The molecule has 7 nitrogen and oxygen atoms in total. The summed E-state index contributed by atoms with van der Waals surface area (Å²) in [6.45, 7) is 4.18. The van der Waals surface area contributed by atoms with Crippen molar-refractivity contribution >= 4 is 18.3 Å². The number of carbonyl (C=O) groups is 1. The van der Waals surface area contributed by atoms with E-state index in [1.165, 1.54) is 11.0 Å². The van der Waals surface area contributed by atoms with Crippen LogP contribution in [0.1, 0.15) is 23.7 Å². The number of hydrogen-bond donors (Lipinski definition) is 1. The normalized spacial score (nSPS) is 20.7. The lowest BCUT2D eigenvalue weighted by Crippen LogP contribution is -2.34. The SMILES string of the molecule is CC1(CN)CCN(C(=O)c2cccc(-n3cnnn3)c2)C1.Cl. The third-order valence-corrected chi connectivity index (χ3v) is 4.04. The van der Waals surface area contributed by atoms with Crippen LogP contribution in [-0.2, 0) is 0 Å². The van der Waals surface area contributed by atoms with Gasteiger partial charge in [0.15, 0.2) is 0 Å². The molecule has 1 amide bonds. The highest BCUT2D eigenvalue weighted by Crippen LogP contribution is 2.29. The number of carbonyl (C=O) groups excluding carboxylic acids is 1. The van der Waals surface area contributed by atoms with Gasteiger partial charge in [0.2, 0.25) is 0 Å². The van der Waals surface area contributed by atoms with Gasteiger partial charge in [0.05, 0.1) is 5.69 Å². The van der Waals surface area contributed by atoms with Crippen molar-refractivity contribution in [2.45, 2.75) is 13.3 Å². The van der Waals surface area contributed by atoms with Gasteiger partial charge in [-0.15, -0.1) is 17.5 Å². The first-order chi connectivity index (χ1) is 10.1. The molecule has 2 aromatic rings. The van der Waals surface area contributed by atoms with Crippen molar-refractivity contribution in [1.29, 1.82) is 0 Å². The van der Waals surface area contributed by atoms with Crippen LogP contribution >= 0.6 is 12.4 Å². The number of hydrogen-bond acceptors (Lipinski definition) is 5. The van der Waals surface area contributed by atoms with Crippen molar-refractivity contribution < 1.29 is 4.79 Å². The number of tetrazole rings is 1. The Morgan fingerprint density at radius 2 is 2.27 bits per heavy atom. The maximum Gasteiger partial charge on any atom is 0.253 e. The van der Waals surface area contributed by atoms with Gasteiger partial charge in [0, 0.05) is 18.7 Å². The van der Waals surface area contributed by atoms with Crippen LogP contribution in [0.3, 0.4) is 0 Å². The monoisotopic (exact) mass is 322 g/mol. The van der Waals surface area contributed by atoms with Crippen LogP contribution in [0.2, 0.25) is 0 Å². The molecule has 0 radical (unpaired) electrons. The summed E-state index contributed by atoms with van der Waals surface area (Å²) in [5.74, 6) is 0.0297. The minimum Gasteiger partial charge on any atom is -0.338 e. The Kier molecular flexibility index (Phi) is 4.77. The summed E-state index contributed by atoms with van der Waals surface area (Å²) in [4.78, 5) is 14.5. The van der Waals surface area contributed by atoms with Gasteiger partial charge >= 0.3 is 0 Å². The van der Waals surface area contributed by atoms with Crippen molar-refractivity contribution in [3.05, 3.63) is 36.2 Å². The molecule has 2 N–H and O–H groups in total. The second kappa shape index (κ2) is 6.41. The van der Waals surface area contributed by atoms with E-state index in [-0.39, 0.29) is 23.7 Å². The van der Waals surface area contributed by atoms with Gasteiger partial charge in [0.25, 0.3) is 5.91 Å². The highest BCUT2D eigenvalue weighted by atomic mass is 35.5. The number of rotatable bonds is 3. The first kappa shape index (κ1) is 16.4. The summed E-state index contributed by atoms with van der Waals surface area (Å²) in [6.07, 6.45) is 2.45. The van der Waals surface area contributed by atoms with E-state index in [9.17, 15) is 4.79 Å². The van der Waals surface area contributed by atoms with Gasteiger partial charge in [0.1, 0.15) is 6.33 Å². The van der Waals surface area contributed by atoms with E-state index < -0.39 is 0 Å². The third-order valence-electron chi connectivity index (χ3n) is 4.04. The molecule has 1 aromatic heterocycles. The molecule has 0 spiro atoms. The molecule has 0 saturated carbocycles. The Bertz CT molecular complexity index is 647. The molecule has 1 unspecified atom stereocenters. The molecule has 0 aliphatic carbocycles. The molecule has 1 aromatic carbocycles. The molecular weight excluding hydrogens is 304 g/mol. The van der Waals surface area contributed by atoms with E-state index >= 15 is 0 Å². The Morgan fingerprint density at radius 3 is 2.91 bits per heavy atom. The zero-order valence-corrected chi connectivity index (χ0v) is 13.2. The minimum absolute atomic E-state index is 0. The fourth-order valence-corrected chi connectivity index (χ4v) is 2.61. The fraction of sp³-hybridized carbons (Fsp3) is 0.429. The van der Waals surface area contributed by atoms with Crippen LogP contribution < -0.4 is 5.73 Å². The standard InChI is InChI=1S/C14H18N6O.ClH/c1-14(8-15)5-6-19(9-14)13(21)11-3-2-4-12(7-11)20-10-16-17-18-20;/h2-4,7,10H,5-6,8-9,15H2,1H3;1H. The smallest absolute Gasteiger partial charge is 0.253 e. The Labute approximate surface area is 134 Å². The molecular formula is C14H19ClN6O. The van der Waals surface area contributed by atoms with E-state index in [1.54, 1.807) is 6.07 Å². The van der Waals surface area contributed by atoms with Crippen LogP contribution in [0.15, 0.2) is 30.6 Å². The second-order valence-electron chi connectivity index (χ2n) is 5.80. The molecule has 1 atom stereocenters. The Morgan fingerprint density at radius 1 is 1.45 bits per heavy atom. The molecule has 1 aliphatic rings. The van der Waals surface area contributed by atoms with Crippen LogP contribution in [0, 0.1) is 5.41 Å². The maximum absolute atomic E-state index is 12.6. The largest absolute Gasteiger partial charge is 0.338 e. The number of benzene rings is 1. The van der Waals surface area contributed by atoms with Crippen LogP contribution in [-0.4, -0.2) is 50.6 Å². The number of nitrogens with zero attached hydrogens (tertiary/aromatic N) is 5. The number of likely N-dealkylation sites (tertiary alicyclic amines) is 1. The summed E-state index contributed by atoms with van der Waals surface area (Å²) < 4.78 is 1.53. The molecule has 1 fully saturated rings. The van der Waals surface area contributed by atoms with Gasteiger partial charge in [-0.2, -0.15) is 0 Å². The lowest BCUT2D eigenvalue weighted by Gasteiger charge is -2.22. The predicted molar refractivity (Wildman–Crippen MR) is 84.1 cm³/mol.